The van der Waals surface area contributed by atoms with Gasteiger partial charge in [-0.05, 0) is 24.1 Å². The quantitative estimate of drug-likeness (QED) is 0.878. The molecule has 0 unspecified atom stereocenters. The number of carbonyl (C=O) groups is 1. The average Bonchev–Trinajstić information content (AvgIpc) is 2.92. The van der Waals surface area contributed by atoms with Gasteiger partial charge in [-0.25, -0.2) is 4.79 Å². The Morgan fingerprint density at radius 2 is 2.14 bits per heavy atom. The number of aromatic amines is 1. The van der Waals surface area contributed by atoms with Crippen LogP contribution in [0.5, 0.6) is 0 Å². The number of hydrogen-bond acceptors (Lipinski definition) is 3. The molecular weight excluding hydrogens is 264 g/mol. The number of aromatic nitrogens is 1. The van der Waals surface area contributed by atoms with Crippen molar-refractivity contribution in [2.45, 2.75) is 26.4 Å². The van der Waals surface area contributed by atoms with Gasteiger partial charge < -0.3 is 9.72 Å². The Bertz CT molecular complexity index is 619. The van der Waals surface area contributed by atoms with E-state index in [1.807, 2.05) is 19.1 Å². The number of fused-ring (bicyclic) bond motifs is 1. The highest BCUT2D eigenvalue weighted by molar-refractivity contribution is 5.87. The highest BCUT2D eigenvalue weighted by Gasteiger charge is 2.21. The van der Waals surface area contributed by atoms with Crippen molar-refractivity contribution in [2.24, 2.45) is 0 Å². The molecule has 1 aliphatic rings. The van der Waals surface area contributed by atoms with Crippen LogP contribution in [0.3, 0.4) is 0 Å². The van der Waals surface area contributed by atoms with Crippen LogP contribution in [0.4, 0.5) is 0 Å². The Kier molecular flexibility index (Phi) is 4.06. The summed E-state index contributed by atoms with van der Waals surface area (Å²) < 4.78 is 5.04. The van der Waals surface area contributed by atoms with Crippen LogP contribution >= 0.6 is 0 Å². The number of nitrogens with zero attached hydrogens (tertiary/aromatic N) is 1. The first kappa shape index (κ1) is 13.9. The summed E-state index contributed by atoms with van der Waals surface area (Å²) in [5.41, 5.74) is 4.27. The predicted octanol–water partition coefficient (Wildman–Crippen LogP) is 2.75. The lowest BCUT2D eigenvalue weighted by Gasteiger charge is -2.26. The maximum Gasteiger partial charge on any atom is 0.354 e. The van der Waals surface area contributed by atoms with Gasteiger partial charge in [0.2, 0.25) is 0 Å². The van der Waals surface area contributed by atoms with E-state index in [1.165, 1.54) is 16.8 Å². The fourth-order valence-electron chi connectivity index (χ4n) is 2.79. The van der Waals surface area contributed by atoms with E-state index in [-0.39, 0.29) is 5.97 Å². The molecule has 1 aromatic heterocycles. The summed E-state index contributed by atoms with van der Waals surface area (Å²) in [6, 6.07) is 12.4. The highest BCUT2D eigenvalue weighted by Crippen LogP contribution is 2.21. The Labute approximate surface area is 124 Å². The van der Waals surface area contributed by atoms with E-state index in [2.05, 4.69) is 34.1 Å². The number of carbonyl (C=O) groups excluding carboxylic acids is 1. The van der Waals surface area contributed by atoms with Crippen LogP contribution in [0.25, 0.3) is 0 Å². The van der Waals surface area contributed by atoms with Crippen LogP contribution in [0.2, 0.25) is 0 Å². The molecular formula is C17H20N2O2. The molecule has 0 spiro atoms. The Balaban J connectivity index is 1.69. The summed E-state index contributed by atoms with van der Waals surface area (Å²) in [5, 5.41) is 0. The van der Waals surface area contributed by atoms with Crippen LogP contribution < -0.4 is 0 Å². The van der Waals surface area contributed by atoms with Crippen LogP contribution in [0, 0.1) is 0 Å². The summed E-state index contributed by atoms with van der Waals surface area (Å²) in [6.07, 6.45) is 0.946. The largest absolute Gasteiger partial charge is 0.461 e. The number of ether oxygens (including phenoxy) is 1. The molecule has 110 valence electrons. The number of rotatable bonds is 4. The molecule has 1 N–H and O–H groups in total. The normalized spacial score (nSPS) is 14.7. The third-order valence-corrected chi connectivity index (χ3v) is 3.81. The molecule has 4 heteroatoms. The molecule has 0 atom stereocenters. The zero-order chi connectivity index (χ0) is 14.7. The fourth-order valence-corrected chi connectivity index (χ4v) is 2.79. The van der Waals surface area contributed by atoms with E-state index >= 15 is 0 Å². The van der Waals surface area contributed by atoms with Gasteiger partial charge in [-0.15, -0.1) is 0 Å². The standard InChI is InChI=1S/C17H20N2O2/c1-2-21-17(20)16-10-14-12-19(9-8-15(14)18-16)11-13-6-4-3-5-7-13/h3-7,10,18H,2,8-9,11-12H2,1H3. The predicted molar refractivity (Wildman–Crippen MR) is 81.0 cm³/mol. The third-order valence-electron chi connectivity index (χ3n) is 3.81. The molecule has 0 bridgehead atoms. The van der Waals surface area contributed by atoms with Gasteiger partial charge in [0.05, 0.1) is 6.61 Å². The molecule has 21 heavy (non-hydrogen) atoms. The van der Waals surface area contributed by atoms with Crippen LogP contribution in [0.15, 0.2) is 36.4 Å². The summed E-state index contributed by atoms with van der Waals surface area (Å²) in [5.74, 6) is -0.262. The van der Waals surface area contributed by atoms with Crippen molar-refractivity contribution < 1.29 is 9.53 Å². The van der Waals surface area contributed by atoms with Crippen molar-refractivity contribution in [3.63, 3.8) is 0 Å². The fraction of sp³-hybridized carbons (Fsp3) is 0.353. The minimum atomic E-state index is -0.262. The van der Waals surface area contributed by atoms with E-state index < -0.39 is 0 Å². The SMILES string of the molecule is CCOC(=O)c1cc2c([nH]1)CCN(Cc1ccccc1)C2. The first-order chi connectivity index (χ1) is 10.3. The van der Waals surface area contributed by atoms with Gasteiger partial charge in [0.25, 0.3) is 0 Å². The maximum absolute atomic E-state index is 11.8. The minimum absolute atomic E-state index is 0.262. The third kappa shape index (κ3) is 3.16. The molecule has 2 aromatic rings. The molecule has 0 radical (unpaired) electrons. The number of benzene rings is 1. The second-order valence-corrected chi connectivity index (χ2v) is 5.35. The Morgan fingerprint density at radius 3 is 2.90 bits per heavy atom. The minimum Gasteiger partial charge on any atom is -0.461 e. The summed E-state index contributed by atoms with van der Waals surface area (Å²) in [6.45, 7) is 5.05. The first-order valence-electron chi connectivity index (χ1n) is 7.40. The van der Waals surface area contributed by atoms with Crippen molar-refractivity contribution in [2.75, 3.05) is 13.2 Å². The van der Waals surface area contributed by atoms with E-state index in [4.69, 9.17) is 4.74 Å². The smallest absolute Gasteiger partial charge is 0.354 e. The molecule has 2 heterocycles. The highest BCUT2D eigenvalue weighted by atomic mass is 16.5. The van der Waals surface area contributed by atoms with Crippen molar-refractivity contribution in [3.05, 3.63) is 58.9 Å². The summed E-state index contributed by atoms with van der Waals surface area (Å²) >= 11 is 0. The second-order valence-electron chi connectivity index (χ2n) is 5.35. The zero-order valence-corrected chi connectivity index (χ0v) is 12.3. The summed E-state index contributed by atoms with van der Waals surface area (Å²) in [4.78, 5) is 17.4. The van der Waals surface area contributed by atoms with Gasteiger partial charge in [0, 0.05) is 31.7 Å². The lowest BCUT2D eigenvalue weighted by molar-refractivity contribution is 0.0520. The number of nitrogens with one attached hydrogen (secondary N) is 1. The first-order valence-corrected chi connectivity index (χ1v) is 7.40. The van der Waals surface area contributed by atoms with Gasteiger partial charge in [-0.3, -0.25) is 4.90 Å². The number of H-pyrrole nitrogens is 1. The molecule has 0 fully saturated rings. The van der Waals surface area contributed by atoms with E-state index in [9.17, 15) is 4.79 Å². The number of hydrogen-bond donors (Lipinski definition) is 1. The molecule has 0 aliphatic carbocycles. The van der Waals surface area contributed by atoms with E-state index in [0.29, 0.717) is 12.3 Å². The van der Waals surface area contributed by atoms with Gasteiger partial charge >= 0.3 is 5.97 Å². The van der Waals surface area contributed by atoms with Gasteiger partial charge in [-0.1, -0.05) is 30.3 Å². The Morgan fingerprint density at radius 1 is 1.33 bits per heavy atom. The van der Waals surface area contributed by atoms with Gasteiger partial charge in [-0.2, -0.15) is 0 Å². The number of esters is 1. The molecule has 4 nitrogen and oxygen atoms in total. The van der Waals surface area contributed by atoms with Crippen molar-refractivity contribution in [3.8, 4) is 0 Å². The topological polar surface area (TPSA) is 45.3 Å². The Hall–Kier alpha value is -2.07. The maximum atomic E-state index is 11.8. The summed E-state index contributed by atoms with van der Waals surface area (Å²) in [7, 11) is 0. The van der Waals surface area contributed by atoms with Crippen LogP contribution in [-0.2, 0) is 24.2 Å². The lowest BCUT2D eigenvalue weighted by atomic mass is 10.1. The van der Waals surface area contributed by atoms with Crippen molar-refractivity contribution in [1.29, 1.82) is 0 Å². The zero-order valence-electron chi connectivity index (χ0n) is 12.3. The van der Waals surface area contributed by atoms with E-state index in [0.717, 1.165) is 26.1 Å². The molecule has 0 amide bonds. The van der Waals surface area contributed by atoms with Crippen LogP contribution in [-0.4, -0.2) is 29.0 Å². The average molecular weight is 284 g/mol. The molecule has 0 saturated heterocycles. The van der Waals surface area contributed by atoms with E-state index in [1.54, 1.807) is 0 Å². The molecule has 1 aliphatic heterocycles. The van der Waals surface area contributed by atoms with Crippen molar-refractivity contribution >= 4 is 5.97 Å². The van der Waals surface area contributed by atoms with Crippen LogP contribution in [0.1, 0.15) is 34.2 Å². The van der Waals surface area contributed by atoms with Crippen molar-refractivity contribution in [1.82, 2.24) is 9.88 Å². The van der Waals surface area contributed by atoms with Gasteiger partial charge in [0.1, 0.15) is 5.69 Å². The van der Waals surface area contributed by atoms with Gasteiger partial charge in [0.15, 0.2) is 0 Å². The lowest BCUT2D eigenvalue weighted by Crippen LogP contribution is -2.29. The monoisotopic (exact) mass is 284 g/mol. The molecule has 3 rings (SSSR count). The molecule has 1 aromatic carbocycles. The second kappa shape index (κ2) is 6.14. The molecule has 0 saturated carbocycles.